The molecule has 5 heteroatoms. The minimum Gasteiger partial charge on any atom is -0.466 e. The first-order valence-electron chi connectivity index (χ1n) is 4.37. The zero-order valence-electron chi connectivity index (χ0n) is 8.37. The van der Waals surface area contributed by atoms with Crippen LogP contribution in [0.15, 0.2) is 0 Å². The molecular weight excluding hydrogens is 188 g/mol. The van der Waals surface area contributed by atoms with Crippen LogP contribution in [0.5, 0.6) is 0 Å². The first kappa shape index (κ1) is 12.6. The molecule has 0 N–H and O–H groups in total. The number of ether oxygens (including phenoxy) is 2. The van der Waals surface area contributed by atoms with E-state index in [4.69, 9.17) is 0 Å². The Morgan fingerprint density at radius 1 is 1.14 bits per heavy atom. The van der Waals surface area contributed by atoms with Crippen LogP contribution >= 0.6 is 0 Å². The van der Waals surface area contributed by atoms with Gasteiger partial charge in [-0.2, -0.15) is 0 Å². The van der Waals surface area contributed by atoms with Crippen molar-refractivity contribution >= 4 is 17.7 Å². The molecule has 0 aliphatic carbocycles. The molecule has 0 aromatic carbocycles. The number of carbonyl (C=O) groups excluding carboxylic acids is 3. The maximum absolute atomic E-state index is 11.0. The third kappa shape index (κ3) is 7.27. The lowest BCUT2D eigenvalue weighted by Gasteiger charge is -2.01. The van der Waals surface area contributed by atoms with Crippen molar-refractivity contribution in [1.82, 2.24) is 0 Å². The Morgan fingerprint density at radius 2 is 1.79 bits per heavy atom. The molecule has 0 aliphatic rings. The number of hydrogen-bond acceptors (Lipinski definition) is 5. The Kier molecular flexibility index (Phi) is 6.36. The molecule has 0 unspecified atom stereocenters. The molecule has 0 aliphatic heterocycles. The SMILES string of the molecule is CCOC(=O)CC(=O)CCOC(C)=O. The molecule has 0 saturated carbocycles. The standard InChI is InChI=1S/C9H14O5/c1-3-13-9(12)6-8(11)4-5-14-7(2)10/h3-6H2,1-2H3. The summed E-state index contributed by atoms with van der Waals surface area (Å²) < 4.78 is 9.11. The molecule has 80 valence electrons. The third-order valence-electron chi connectivity index (χ3n) is 1.33. The first-order valence-corrected chi connectivity index (χ1v) is 4.37. The summed E-state index contributed by atoms with van der Waals surface area (Å²) in [6.07, 6.45) is -0.201. The molecule has 0 spiro atoms. The van der Waals surface area contributed by atoms with E-state index >= 15 is 0 Å². The highest BCUT2D eigenvalue weighted by Crippen LogP contribution is 1.94. The normalized spacial score (nSPS) is 9.29. The van der Waals surface area contributed by atoms with Gasteiger partial charge in [0.2, 0.25) is 0 Å². The van der Waals surface area contributed by atoms with Crippen LogP contribution in [-0.4, -0.2) is 30.9 Å². The fourth-order valence-corrected chi connectivity index (χ4v) is 0.770. The largest absolute Gasteiger partial charge is 0.466 e. The van der Waals surface area contributed by atoms with E-state index in [0.29, 0.717) is 0 Å². The molecule has 0 aromatic heterocycles. The molecule has 0 amide bonds. The summed E-state index contributed by atoms with van der Waals surface area (Å²) >= 11 is 0. The van der Waals surface area contributed by atoms with Crippen molar-refractivity contribution in [3.05, 3.63) is 0 Å². The summed E-state index contributed by atoms with van der Waals surface area (Å²) in [4.78, 5) is 32.1. The monoisotopic (exact) mass is 202 g/mol. The number of esters is 2. The van der Waals surface area contributed by atoms with Crippen molar-refractivity contribution < 1.29 is 23.9 Å². The average molecular weight is 202 g/mol. The summed E-state index contributed by atoms with van der Waals surface area (Å²) in [6, 6.07) is 0. The summed E-state index contributed by atoms with van der Waals surface area (Å²) in [5.41, 5.74) is 0. The lowest BCUT2D eigenvalue weighted by Crippen LogP contribution is -2.13. The fraction of sp³-hybridized carbons (Fsp3) is 0.667. The van der Waals surface area contributed by atoms with Crippen molar-refractivity contribution in [2.45, 2.75) is 26.7 Å². The van der Waals surface area contributed by atoms with Gasteiger partial charge in [-0.3, -0.25) is 14.4 Å². The Labute approximate surface area is 82.4 Å². The average Bonchev–Trinajstić information content (AvgIpc) is 2.03. The van der Waals surface area contributed by atoms with Gasteiger partial charge in [-0.1, -0.05) is 0 Å². The van der Waals surface area contributed by atoms with Gasteiger partial charge in [-0.15, -0.1) is 0 Å². The second kappa shape index (κ2) is 7.06. The number of hydrogen-bond donors (Lipinski definition) is 0. The third-order valence-corrected chi connectivity index (χ3v) is 1.33. The Hall–Kier alpha value is -1.39. The molecule has 0 aromatic rings. The summed E-state index contributed by atoms with van der Waals surface area (Å²) in [6.45, 7) is 3.21. The van der Waals surface area contributed by atoms with Crippen LogP contribution in [0.3, 0.4) is 0 Å². The van der Waals surface area contributed by atoms with E-state index in [1.54, 1.807) is 6.92 Å². The van der Waals surface area contributed by atoms with Gasteiger partial charge in [0.25, 0.3) is 0 Å². The molecule has 0 bridgehead atoms. The van der Waals surface area contributed by atoms with Crippen molar-refractivity contribution in [1.29, 1.82) is 0 Å². The van der Waals surface area contributed by atoms with Crippen molar-refractivity contribution in [2.24, 2.45) is 0 Å². The van der Waals surface area contributed by atoms with Gasteiger partial charge < -0.3 is 9.47 Å². The van der Waals surface area contributed by atoms with Gasteiger partial charge in [0.15, 0.2) is 0 Å². The van der Waals surface area contributed by atoms with E-state index < -0.39 is 11.9 Å². The van der Waals surface area contributed by atoms with Crippen molar-refractivity contribution in [2.75, 3.05) is 13.2 Å². The minimum atomic E-state index is -0.541. The van der Waals surface area contributed by atoms with Crippen LogP contribution in [0.1, 0.15) is 26.7 Å². The summed E-state index contributed by atoms with van der Waals surface area (Å²) in [5, 5.41) is 0. The van der Waals surface area contributed by atoms with E-state index in [0.717, 1.165) is 0 Å². The summed E-state index contributed by atoms with van der Waals surface area (Å²) in [7, 11) is 0. The maximum atomic E-state index is 11.0. The van der Waals surface area contributed by atoms with E-state index in [-0.39, 0.29) is 31.8 Å². The second-order valence-electron chi connectivity index (χ2n) is 2.61. The molecule has 0 fully saturated rings. The summed E-state index contributed by atoms with van der Waals surface area (Å²) in [5.74, 6) is -1.26. The second-order valence-corrected chi connectivity index (χ2v) is 2.61. The number of Topliss-reactive ketones (excluding diaryl/α,β-unsaturated/α-hetero) is 1. The van der Waals surface area contributed by atoms with Crippen LogP contribution in [0.4, 0.5) is 0 Å². The van der Waals surface area contributed by atoms with Gasteiger partial charge in [0.1, 0.15) is 12.2 Å². The lowest BCUT2D eigenvalue weighted by atomic mass is 10.2. The van der Waals surface area contributed by atoms with Crippen LogP contribution in [0, 0.1) is 0 Å². The first-order chi connectivity index (χ1) is 6.56. The zero-order valence-corrected chi connectivity index (χ0v) is 8.37. The van der Waals surface area contributed by atoms with E-state index in [2.05, 4.69) is 9.47 Å². The fourth-order valence-electron chi connectivity index (χ4n) is 0.770. The van der Waals surface area contributed by atoms with Gasteiger partial charge in [-0.05, 0) is 6.92 Å². The minimum absolute atomic E-state index is 0.0214. The highest BCUT2D eigenvalue weighted by molar-refractivity contribution is 5.95. The van der Waals surface area contributed by atoms with Crippen molar-refractivity contribution in [3.8, 4) is 0 Å². The molecule has 14 heavy (non-hydrogen) atoms. The quantitative estimate of drug-likeness (QED) is 0.462. The molecule has 0 saturated heterocycles. The lowest BCUT2D eigenvalue weighted by molar-refractivity contribution is -0.145. The Balaban J connectivity index is 3.55. The maximum Gasteiger partial charge on any atom is 0.313 e. The Bertz CT molecular complexity index is 221. The predicted molar refractivity (Wildman–Crippen MR) is 47.5 cm³/mol. The number of carbonyl (C=O) groups is 3. The Morgan fingerprint density at radius 3 is 2.29 bits per heavy atom. The van der Waals surface area contributed by atoms with Crippen LogP contribution in [0.25, 0.3) is 0 Å². The van der Waals surface area contributed by atoms with E-state index in [1.165, 1.54) is 6.92 Å². The topological polar surface area (TPSA) is 69.7 Å². The van der Waals surface area contributed by atoms with Gasteiger partial charge in [0, 0.05) is 13.3 Å². The van der Waals surface area contributed by atoms with Crippen LogP contribution in [0.2, 0.25) is 0 Å². The molecule has 0 radical (unpaired) electrons. The molecular formula is C9H14O5. The van der Waals surface area contributed by atoms with Gasteiger partial charge in [-0.25, -0.2) is 0 Å². The van der Waals surface area contributed by atoms with Gasteiger partial charge in [0.05, 0.1) is 13.2 Å². The molecule has 5 nitrogen and oxygen atoms in total. The van der Waals surface area contributed by atoms with Crippen molar-refractivity contribution in [3.63, 3.8) is 0 Å². The van der Waals surface area contributed by atoms with Gasteiger partial charge >= 0.3 is 11.9 Å². The van der Waals surface area contributed by atoms with E-state index in [9.17, 15) is 14.4 Å². The smallest absolute Gasteiger partial charge is 0.313 e. The number of ketones is 1. The predicted octanol–water partition coefficient (Wildman–Crippen LogP) is 0.462. The molecule has 0 heterocycles. The van der Waals surface area contributed by atoms with Crippen LogP contribution < -0.4 is 0 Å². The number of rotatable bonds is 6. The zero-order chi connectivity index (χ0) is 11.0. The molecule has 0 rings (SSSR count). The van der Waals surface area contributed by atoms with E-state index in [1.807, 2.05) is 0 Å². The molecule has 0 atom stereocenters. The highest BCUT2D eigenvalue weighted by Gasteiger charge is 2.10. The van der Waals surface area contributed by atoms with Crippen LogP contribution in [-0.2, 0) is 23.9 Å². The highest BCUT2D eigenvalue weighted by atomic mass is 16.5.